The lowest BCUT2D eigenvalue weighted by Crippen LogP contribution is -2.39. The lowest BCUT2D eigenvalue weighted by molar-refractivity contribution is 0.108. The number of rotatable bonds is 9. The first-order valence-electron chi connectivity index (χ1n) is 7.27. The summed E-state index contributed by atoms with van der Waals surface area (Å²) in [4.78, 5) is 4.18. The van der Waals surface area contributed by atoms with Crippen LogP contribution in [0.4, 0.5) is 0 Å². The fourth-order valence-electron chi connectivity index (χ4n) is 1.68. The van der Waals surface area contributed by atoms with Crippen LogP contribution >= 0.6 is 0 Å². The molecule has 0 saturated carbocycles. The molecule has 0 fully saturated rings. The summed E-state index contributed by atoms with van der Waals surface area (Å²) in [5.74, 6) is 2.40. The van der Waals surface area contributed by atoms with Crippen LogP contribution in [0.3, 0.4) is 0 Å². The van der Waals surface area contributed by atoms with Crippen molar-refractivity contribution in [1.82, 2.24) is 10.6 Å². The molecular weight excluding hydrogens is 254 g/mol. The molecule has 1 aromatic heterocycles. The normalized spacial score (nSPS) is 11.9. The topological polar surface area (TPSA) is 58.8 Å². The predicted molar refractivity (Wildman–Crippen MR) is 82.1 cm³/mol. The van der Waals surface area contributed by atoms with E-state index in [0.29, 0.717) is 5.92 Å². The summed E-state index contributed by atoms with van der Waals surface area (Å²) >= 11 is 0. The molecule has 0 aliphatic heterocycles. The van der Waals surface area contributed by atoms with Gasteiger partial charge in [-0.3, -0.25) is 4.99 Å². The van der Waals surface area contributed by atoms with Crippen molar-refractivity contribution in [3.8, 4) is 0 Å². The van der Waals surface area contributed by atoms with Crippen molar-refractivity contribution in [3.05, 3.63) is 24.2 Å². The van der Waals surface area contributed by atoms with Crippen LogP contribution in [0.15, 0.2) is 27.8 Å². The molecule has 114 valence electrons. The highest BCUT2D eigenvalue weighted by Gasteiger charge is 1.99. The largest absolute Gasteiger partial charge is 0.469 e. The van der Waals surface area contributed by atoms with Gasteiger partial charge in [0.05, 0.1) is 6.26 Å². The van der Waals surface area contributed by atoms with Gasteiger partial charge in [0, 0.05) is 39.8 Å². The van der Waals surface area contributed by atoms with Gasteiger partial charge in [0.25, 0.3) is 0 Å². The second-order valence-electron chi connectivity index (χ2n) is 5.08. The third-order valence-electron chi connectivity index (χ3n) is 2.68. The summed E-state index contributed by atoms with van der Waals surface area (Å²) < 4.78 is 10.8. The minimum absolute atomic E-state index is 0.596. The highest BCUT2D eigenvalue weighted by atomic mass is 16.5. The zero-order valence-corrected chi connectivity index (χ0v) is 12.8. The van der Waals surface area contributed by atoms with Crippen LogP contribution < -0.4 is 10.6 Å². The molecule has 1 aromatic rings. The molecule has 0 spiro atoms. The van der Waals surface area contributed by atoms with Crippen molar-refractivity contribution < 1.29 is 9.15 Å². The Labute approximate surface area is 121 Å². The van der Waals surface area contributed by atoms with Crippen LogP contribution in [0.25, 0.3) is 0 Å². The Morgan fingerprint density at radius 3 is 2.80 bits per heavy atom. The SMILES string of the molecule is CN=C(NCCCOCC(C)C)NCCc1ccco1. The molecule has 0 atom stereocenters. The van der Waals surface area contributed by atoms with Gasteiger partial charge in [0.15, 0.2) is 5.96 Å². The van der Waals surface area contributed by atoms with Gasteiger partial charge in [-0.15, -0.1) is 0 Å². The van der Waals surface area contributed by atoms with E-state index in [-0.39, 0.29) is 0 Å². The smallest absolute Gasteiger partial charge is 0.190 e. The molecule has 0 amide bonds. The van der Waals surface area contributed by atoms with Crippen molar-refractivity contribution in [1.29, 1.82) is 0 Å². The van der Waals surface area contributed by atoms with Crippen LogP contribution in [0, 0.1) is 5.92 Å². The Morgan fingerprint density at radius 2 is 2.15 bits per heavy atom. The molecule has 20 heavy (non-hydrogen) atoms. The molecule has 5 nitrogen and oxygen atoms in total. The molecule has 0 radical (unpaired) electrons. The zero-order chi connectivity index (χ0) is 14.6. The molecule has 2 N–H and O–H groups in total. The first-order chi connectivity index (χ1) is 9.72. The maximum atomic E-state index is 5.53. The fourth-order valence-corrected chi connectivity index (χ4v) is 1.68. The van der Waals surface area contributed by atoms with E-state index in [1.807, 2.05) is 12.1 Å². The van der Waals surface area contributed by atoms with Crippen molar-refractivity contribution in [2.75, 3.05) is 33.4 Å². The molecule has 0 aromatic carbocycles. The van der Waals surface area contributed by atoms with E-state index < -0.39 is 0 Å². The Balaban J connectivity index is 2.02. The van der Waals surface area contributed by atoms with Crippen LogP contribution in [0.5, 0.6) is 0 Å². The van der Waals surface area contributed by atoms with Crippen molar-refractivity contribution in [3.63, 3.8) is 0 Å². The molecular formula is C15H27N3O2. The molecule has 1 rings (SSSR count). The van der Waals surface area contributed by atoms with Gasteiger partial charge in [-0.2, -0.15) is 0 Å². The van der Waals surface area contributed by atoms with E-state index >= 15 is 0 Å². The molecule has 0 unspecified atom stereocenters. The molecule has 0 bridgehead atoms. The van der Waals surface area contributed by atoms with Gasteiger partial charge in [-0.25, -0.2) is 0 Å². The number of hydrogen-bond acceptors (Lipinski definition) is 3. The number of guanidine groups is 1. The summed E-state index contributed by atoms with van der Waals surface area (Å²) in [6.07, 6.45) is 3.52. The molecule has 5 heteroatoms. The molecule has 0 saturated heterocycles. The number of nitrogens with one attached hydrogen (secondary N) is 2. The van der Waals surface area contributed by atoms with Gasteiger partial charge in [-0.05, 0) is 24.5 Å². The van der Waals surface area contributed by atoms with E-state index in [1.54, 1.807) is 13.3 Å². The van der Waals surface area contributed by atoms with Gasteiger partial charge in [-0.1, -0.05) is 13.8 Å². The average molecular weight is 281 g/mol. The molecule has 0 aliphatic carbocycles. The number of nitrogens with zero attached hydrogens (tertiary/aromatic N) is 1. The van der Waals surface area contributed by atoms with E-state index in [1.165, 1.54) is 0 Å². The predicted octanol–water partition coefficient (Wildman–Crippen LogP) is 2.05. The lowest BCUT2D eigenvalue weighted by Gasteiger charge is -2.11. The quantitative estimate of drug-likeness (QED) is 0.413. The third-order valence-corrected chi connectivity index (χ3v) is 2.68. The minimum atomic E-state index is 0.596. The minimum Gasteiger partial charge on any atom is -0.469 e. The molecule has 1 heterocycles. The number of aliphatic imine (C=N–C) groups is 1. The number of hydrogen-bond donors (Lipinski definition) is 2. The Bertz CT molecular complexity index is 361. The van der Waals surface area contributed by atoms with Crippen molar-refractivity contribution in [2.24, 2.45) is 10.9 Å². The standard InChI is InChI=1S/C15H27N3O2/c1-13(2)12-19-10-5-8-17-15(16-3)18-9-7-14-6-4-11-20-14/h4,6,11,13H,5,7-10,12H2,1-3H3,(H2,16,17,18). The zero-order valence-electron chi connectivity index (χ0n) is 12.8. The number of ether oxygens (including phenoxy) is 1. The van der Waals surface area contributed by atoms with Gasteiger partial charge >= 0.3 is 0 Å². The van der Waals surface area contributed by atoms with Crippen LogP contribution in [0.2, 0.25) is 0 Å². The maximum absolute atomic E-state index is 5.53. The van der Waals surface area contributed by atoms with E-state index in [4.69, 9.17) is 9.15 Å². The first kappa shape index (κ1) is 16.6. The van der Waals surface area contributed by atoms with Gasteiger partial charge in [0.2, 0.25) is 0 Å². The van der Waals surface area contributed by atoms with E-state index in [9.17, 15) is 0 Å². The summed E-state index contributed by atoms with van der Waals surface area (Å²) in [6, 6.07) is 3.88. The van der Waals surface area contributed by atoms with Crippen molar-refractivity contribution in [2.45, 2.75) is 26.7 Å². The summed E-state index contributed by atoms with van der Waals surface area (Å²) in [6.45, 7) is 7.59. The Kier molecular flexibility index (Phi) is 8.54. The summed E-state index contributed by atoms with van der Waals surface area (Å²) in [5, 5.41) is 6.52. The van der Waals surface area contributed by atoms with E-state index in [0.717, 1.165) is 50.9 Å². The van der Waals surface area contributed by atoms with Crippen LogP contribution in [-0.4, -0.2) is 39.3 Å². The van der Waals surface area contributed by atoms with Gasteiger partial charge < -0.3 is 19.8 Å². The molecule has 0 aliphatic rings. The summed E-state index contributed by atoms with van der Waals surface area (Å²) in [5.41, 5.74) is 0. The van der Waals surface area contributed by atoms with Crippen LogP contribution in [-0.2, 0) is 11.2 Å². The second-order valence-corrected chi connectivity index (χ2v) is 5.08. The number of furan rings is 1. The highest BCUT2D eigenvalue weighted by molar-refractivity contribution is 5.79. The monoisotopic (exact) mass is 281 g/mol. The lowest BCUT2D eigenvalue weighted by atomic mass is 10.2. The van der Waals surface area contributed by atoms with Gasteiger partial charge in [0.1, 0.15) is 5.76 Å². The first-order valence-corrected chi connectivity index (χ1v) is 7.27. The maximum Gasteiger partial charge on any atom is 0.190 e. The second kappa shape index (κ2) is 10.3. The van der Waals surface area contributed by atoms with Crippen molar-refractivity contribution >= 4 is 5.96 Å². The average Bonchev–Trinajstić information content (AvgIpc) is 2.93. The van der Waals surface area contributed by atoms with Crippen LogP contribution in [0.1, 0.15) is 26.0 Å². The third kappa shape index (κ3) is 7.84. The van der Waals surface area contributed by atoms with E-state index in [2.05, 4.69) is 29.5 Å². The fraction of sp³-hybridized carbons (Fsp3) is 0.667. The highest BCUT2D eigenvalue weighted by Crippen LogP contribution is 1.99. The Hall–Kier alpha value is -1.49. The summed E-state index contributed by atoms with van der Waals surface area (Å²) in [7, 11) is 1.78. The Morgan fingerprint density at radius 1 is 1.35 bits per heavy atom.